The van der Waals surface area contributed by atoms with Gasteiger partial charge < -0.3 is 15.4 Å². The van der Waals surface area contributed by atoms with E-state index in [0.717, 1.165) is 69.9 Å². The smallest absolute Gasteiger partial charge is 0.303 e. The molecule has 2 aliphatic rings. The third-order valence-electron chi connectivity index (χ3n) is 7.01. The van der Waals surface area contributed by atoms with Crippen molar-refractivity contribution in [3.8, 4) is 0 Å². The first-order valence-electron chi connectivity index (χ1n) is 11.3. The fraction of sp³-hybridized carbons (Fsp3) is 0.826. The van der Waals surface area contributed by atoms with Crippen molar-refractivity contribution in [3.05, 3.63) is 12.2 Å². The van der Waals surface area contributed by atoms with Crippen LogP contribution in [0.4, 0.5) is 0 Å². The quantitative estimate of drug-likeness (QED) is 0.166. The molecule has 1 unspecified atom stereocenters. The number of hydrogen-bond donors (Lipinski definition) is 3. The van der Waals surface area contributed by atoms with E-state index in [0.29, 0.717) is 5.92 Å². The van der Waals surface area contributed by atoms with Gasteiger partial charge in [0.15, 0.2) is 0 Å². The SMILES string of the molecule is CCCCC1(C(O)C=C[C@H]2CCC(=NO)[C@@H]2CCCCCCC(=O)O)CCC1. The first kappa shape index (κ1) is 22.9. The standard InChI is InChI=1S/C23H39NO4/c1-2-3-15-23(16-8-17-23)21(25)14-12-18-11-13-20(24-28)19(18)9-6-4-5-7-10-22(26)27/h12,14,18-19,21,25,28H,2-11,13,15-17H2,1H3,(H,26,27)/t18-,19-,21?/m1/s1. The molecule has 5 nitrogen and oxygen atoms in total. The minimum atomic E-state index is -0.725. The normalized spacial score (nSPS) is 26.6. The first-order valence-corrected chi connectivity index (χ1v) is 11.3. The molecule has 0 saturated heterocycles. The highest BCUT2D eigenvalue weighted by Gasteiger charge is 2.41. The predicted octanol–water partition coefficient (Wildman–Crippen LogP) is 5.55. The number of unbranched alkanes of at least 4 members (excludes halogenated alkanes) is 4. The molecule has 2 saturated carbocycles. The average Bonchev–Trinajstić information content (AvgIpc) is 3.03. The summed E-state index contributed by atoms with van der Waals surface area (Å²) >= 11 is 0. The largest absolute Gasteiger partial charge is 0.481 e. The zero-order chi connectivity index (χ0) is 20.4. The molecule has 0 amide bonds. The maximum absolute atomic E-state index is 10.8. The Morgan fingerprint density at radius 1 is 1.25 bits per heavy atom. The summed E-state index contributed by atoms with van der Waals surface area (Å²) in [5.74, 6) is -0.138. The molecule has 0 aromatic heterocycles. The van der Waals surface area contributed by atoms with Crippen LogP contribution in [0.15, 0.2) is 17.3 Å². The minimum absolute atomic E-state index is 0.0959. The van der Waals surface area contributed by atoms with E-state index in [2.05, 4.69) is 18.2 Å². The number of aliphatic hydroxyl groups excluding tert-OH is 1. The lowest BCUT2D eigenvalue weighted by molar-refractivity contribution is -0.137. The third kappa shape index (κ3) is 6.33. The number of rotatable bonds is 13. The van der Waals surface area contributed by atoms with Crippen LogP contribution >= 0.6 is 0 Å². The number of allylic oxidation sites excluding steroid dienone is 1. The van der Waals surface area contributed by atoms with E-state index >= 15 is 0 Å². The summed E-state index contributed by atoms with van der Waals surface area (Å²) in [6, 6.07) is 0. The van der Waals surface area contributed by atoms with Crippen molar-refractivity contribution in [2.45, 2.75) is 103 Å². The second-order valence-electron chi connectivity index (χ2n) is 8.90. The monoisotopic (exact) mass is 393 g/mol. The van der Waals surface area contributed by atoms with Gasteiger partial charge in [0, 0.05) is 12.3 Å². The minimum Gasteiger partial charge on any atom is -0.481 e. The van der Waals surface area contributed by atoms with Gasteiger partial charge in [-0.15, -0.1) is 0 Å². The van der Waals surface area contributed by atoms with Crippen LogP contribution in [-0.4, -0.2) is 33.2 Å². The van der Waals surface area contributed by atoms with Gasteiger partial charge in [-0.3, -0.25) is 4.79 Å². The molecule has 0 spiro atoms. The molecule has 0 aromatic carbocycles. The van der Waals surface area contributed by atoms with Crippen LogP contribution < -0.4 is 0 Å². The van der Waals surface area contributed by atoms with Gasteiger partial charge in [-0.25, -0.2) is 0 Å². The van der Waals surface area contributed by atoms with Gasteiger partial charge in [-0.1, -0.05) is 62.8 Å². The highest BCUT2D eigenvalue weighted by Crippen LogP contribution is 2.48. The van der Waals surface area contributed by atoms with Crippen LogP contribution in [0.1, 0.15) is 96.8 Å². The second-order valence-corrected chi connectivity index (χ2v) is 8.90. The van der Waals surface area contributed by atoms with Crippen molar-refractivity contribution in [3.63, 3.8) is 0 Å². The summed E-state index contributed by atoms with van der Waals surface area (Å²) in [6.07, 6.45) is 17.5. The van der Waals surface area contributed by atoms with Gasteiger partial charge in [0.2, 0.25) is 0 Å². The summed E-state index contributed by atoms with van der Waals surface area (Å²) in [4.78, 5) is 10.6. The molecule has 5 heteroatoms. The van der Waals surface area contributed by atoms with Crippen LogP contribution in [0.25, 0.3) is 0 Å². The van der Waals surface area contributed by atoms with Crippen LogP contribution in [0, 0.1) is 17.3 Å². The summed E-state index contributed by atoms with van der Waals surface area (Å²) in [6.45, 7) is 2.20. The lowest BCUT2D eigenvalue weighted by atomic mass is 9.62. The van der Waals surface area contributed by atoms with Crippen molar-refractivity contribution in [2.24, 2.45) is 22.4 Å². The molecule has 160 valence electrons. The van der Waals surface area contributed by atoms with Crippen LogP contribution in [0.2, 0.25) is 0 Å². The van der Waals surface area contributed by atoms with Gasteiger partial charge in [0.1, 0.15) is 0 Å². The molecular weight excluding hydrogens is 354 g/mol. The molecule has 0 bridgehead atoms. The third-order valence-corrected chi connectivity index (χ3v) is 7.01. The first-order chi connectivity index (χ1) is 13.5. The summed E-state index contributed by atoms with van der Waals surface area (Å²) in [5, 5.41) is 32.4. The number of oxime groups is 1. The van der Waals surface area contributed by atoms with Crippen molar-refractivity contribution in [1.82, 2.24) is 0 Å². The Labute approximate surface area is 169 Å². The summed E-state index contributed by atoms with van der Waals surface area (Å²) in [7, 11) is 0. The van der Waals surface area contributed by atoms with E-state index < -0.39 is 5.97 Å². The van der Waals surface area contributed by atoms with Gasteiger partial charge in [-0.2, -0.15) is 0 Å². The molecule has 2 fully saturated rings. The molecular formula is C23H39NO4. The Kier molecular flexibility index (Phi) is 9.49. The summed E-state index contributed by atoms with van der Waals surface area (Å²) < 4.78 is 0. The number of nitrogens with zero attached hydrogens (tertiary/aromatic N) is 1. The number of aliphatic hydroxyl groups is 1. The van der Waals surface area contributed by atoms with E-state index in [9.17, 15) is 15.1 Å². The van der Waals surface area contributed by atoms with Crippen molar-refractivity contribution in [2.75, 3.05) is 0 Å². The molecule has 3 N–H and O–H groups in total. The maximum atomic E-state index is 10.8. The molecule has 0 heterocycles. The maximum Gasteiger partial charge on any atom is 0.303 e. The molecule has 0 aromatic rings. The number of carbonyl (C=O) groups is 1. The van der Waals surface area contributed by atoms with Gasteiger partial charge in [0.05, 0.1) is 11.8 Å². The van der Waals surface area contributed by atoms with Crippen LogP contribution in [0.3, 0.4) is 0 Å². The predicted molar refractivity (Wildman–Crippen MR) is 112 cm³/mol. The fourth-order valence-corrected chi connectivity index (χ4v) is 4.98. The highest BCUT2D eigenvalue weighted by atomic mass is 16.4. The number of hydrogen-bond acceptors (Lipinski definition) is 4. The average molecular weight is 394 g/mol. The number of carboxylic acid groups (broad SMARTS) is 1. The Morgan fingerprint density at radius 2 is 2.00 bits per heavy atom. The number of carboxylic acids is 1. The number of aliphatic carboxylic acids is 1. The van der Waals surface area contributed by atoms with Crippen LogP contribution in [0.5, 0.6) is 0 Å². The molecule has 0 aliphatic heterocycles. The van der Waals surface area contributed by atoms with Crippen molar-refractivity contribution >= 4 is 11.7 Å². The molecule has 2 aliphatic carbocycles. The van der Waals surface area contributed by atoms with E-state index in [1.807, 2.05) is 6.08 Å². The Morgan fingerprint density at radius 3 is 2.61 bits per heavy atom. The van der Waals surface area contributed by atoms with E-state index in [1.54, 1.807) is 0 Å². The van der Waals surface area contributed by atoms with Crippen LogP contribution in [-0.2, 0) is 4.79 Å². The van der Waals surface area contributed by atoms with Gasteiger partial charge in [0.25, 0.3) is 0 Å². The van der Waals surface area contributed by atoms with E-state index in [-0.39, 0.29) is 23.9 Å². The van der Waals surface area contributed by atoms with E-state index in [1.165, 1.54) is 19.3 Å². The highest BCUT2D eigenvalue weighted by molar-refractivity contribution is 5.88. The Hall–Kier alpha value is -1.36. The lowest BCUT2D eigenvalue weighted by Gasteiger charge is -2.45. The van der Waals surface area contributed by atoms with Crippen molar-refractivity contribution < 1.29 is 20.2 Å². The van der Waals surface area contributed by atoms with Crippen molar-refractivity contribution in [1.29, 1.82) is 0 Å². The summed E-state index contributed by atoms with van der Waals surface area (Å²) in [5.41, 5.74) is 0.984. The van der Waals surface area contributed by atoms with Gasteiger partial charge >= 0.3 is 5.97 Å². The topological polar surface area (TPSA) is 90.1 Å². The molecule has 2 rings (SSSR count). The van der Waals surface area contributed by atoms with Gasteiger partial charge in [-0.05, 0) is 56.3 Å². The lowest BCUT2D eigenvalue weighted by Crippen LogP contribution is -2.40. The zero-order valence-corrected chi connectivity index (χ0v) is 17.5. The second kappa shape index (κ2) is 11.6. The Bertz CT molecular complexity index is 539. The van der Waals surface area contributed by atoms with E-state index in [4.69, 9.17) is 5.11 Å². The molecule has 28 heavy (non-hydrogen) atoms. The Balaban J connectivity index is 1.84. The molecule has 3 atom stereocenters. The zero-order valence-electron chi connectivity index (χ0n) is 17.5. The fourth-order valence-electron chi connectivity index (χ4n) is 4.98. The molecule has 0 radical (unpaired) electrons.